The molecule has 1 aliphatic heterocycles. The van der Waals surface area contributed by atoms with Gasteiger partial charge < -0.3 is 14.6 Å². The van der Waals surface area contributed by atoms with E-state index in [4.69, 9.17) is 9.47 Å². The first-order valence-corrected chi connectivity index (χ1v) is 10.2. The van der Waals surface area contributed by atoms with E-state index in [9.17, 15) is 5.11 Å². The van der Waals surface area contributed by atoms with E-state index in [0.717, 1.165) is 18.8 Å². The number of aliphatic hydroxyl groups is 1. The van der Waals surface area contributed by atoms with Gasteiger partial charge in [0.25, 0.3) is 0 Å². The molecular formula is C23H40ClNO3. The minimum atomic E-state index is -0.516. The van der Waals surface area contributed by atoms with Crippen molar-refractivity contribution in [2.24, 2.45) is 0 Å². The van der Waals surface area contributed by atoms with Gasteiger partial charge in [0.05, 0.1) is 12.2 Å². The van der Waals surface area contributed by atoms with Crippen molar-refractivity contribution in [2.75, 3.05) is 26.2 Å². The number of rotatable bonds is 5. The van der Waals surface area contributed by atoms with Crippen LogP contribution in [0.1, 0.15) is 66.5 Å². The second-order valence-corrected chi connectivity index (χ2v) is 10.2. The van der Waals surface area contributed by atoms with Crippen LogP contribution in [0.4, 0.5) is 0 Å². The highest BCUT2D eigenvalue weighted by Gasteiger charge is 2.26. The van der Waals surface area contributed by atoms with Gasteiger partial charge in [-0.2, -0.15) is 0 Å². The summed E-state index contributed by atoms with van der Waals surface area (Å²) in [6.07, 6.45) is -0.101. The van der Waals surface area contributed by atoms with Crippen LogP contribution >= 0.6 is 12.4 Å². The Bertz CT molecular complexity index is 611. The maximum atomic E-state index is 10.5. The molecule has 1 heterocycles. The Labute approximate surface area is 178 Å². The molecule has 28 heavy (non-hydrogen) atoms. The highest BCUT2D eigenvalue weighted by Crippen LogP contribution is 2.35. The number of β-amino-alcohol motifs (C(OH)–C–C–N with tert-alkyl or cyclic N) is 1. The van der Waals surface area contributed by atoms with Crippen molar-refractivity contribution >= 4 is 12.4 Å². The van der Waals surface area contributed by atoms with E-state index >= 15 is 0 Å². The van der Waals surface area contributed by atoms with E-state index in [1.807, 2.05) is 0 Å². The number of ether oxygens (including phenoxy) is 2. The summed E-state index contributed by atoms with van der Waals surface area (Å²) >= 11 is 0. The molecule has 0 spiro atoms. The molecule has 4 nitrogen and oxygen atoms in total. The fourth-order valence-electron chi connectivity index (χ4n) is 3.68. The molecule has 3 unspecified atom stereocenters. The Morgan fingerprint density at radius 1 is 1.07 bits per heavy atom. The summed E-state index contributed by atoms with van der Waals surface area (Å²) in [5.41, 5.74) is 2.57. The molecule has 0 radical (unpaired) electrons. The van der Waals surface area contributed by atoms with Crippen LogP contribution in [0.25, 0.3) is 0 Å². The smallest absolute Gasteiger partial charge is 0.123 e. The molecule has 0 amide bonds. The minimum absolute atomic E-state index is 0. The number of halogens is 1. The number of morpholine rings is 1. The maximum Gasteiger partial charge on any atom is 0.123 e. The van der Waals surface area contributed by atoms with Crippen molar-refractivity contribution in [1.82, 2.24) is 4.90 Å². The number of hydrogen-bond acceptors (Lipinski definition) is 4. The van der Waals surface area contributed by atoms with Crippen LogP contribution in [0, 0.1) is 0 Å². The van der Waals surface area contributed by atoms with Crippen molar-refractivity contribution < 1.29 is 14.6 Å². The van der Waals surface area contributed by atoms with Gasteiger partial charge >= 0.3 is 0 Å². The van der Waals surface area contributed by atoms with Crippen molar-refractivity contribution in [3.63, 3.8) is 0 Å². The summed E-state index contributed by atoms with van der Waals surface area (Å²) in [6, 6.07) is 6.46. The van der Waals surface area contributed by atoms with E-state index in [1.54, 1.807) is 0 Å². The third kappa shape index (κ3) is 7.22. The van der Waals surface area contributed by atoms with Crippen LogP contribution < -0.4 is 4.74 Å². The lowest BCUT2D eigenvalue weighted by atomic mass is 9.80. The van der Waals surface area contributed by atoms with Crippen LogP contribution in [-0.4, -0.2) is 54.6 Å². The molecule has 0 aliphatic carbocycles. The first-order valence-electron chi connectivity index (χ1n) is 10.2. The van der Waals surface area contributed by atoms with E-state index in [1.165, 1.54) is 11.1 Å². The Balaban J connectivity index is 0.00000392. The number of aliphatic hydroxyl groups excluding tert-OH is 1. The van der Waals surface area contributed by atoms with Crippen molar-refractivity contribution in [3.05, 3.63) is 29.3 Å². The van der Waals surface area contributed by atoms with Gasteiger partial charge in [-0.3, -0.25) is 4.90 Å². The summed E-state index contributed by atoms with van der Waals surface area (Å²) in [6.45, 7) is 20.1. The minimum Gasteiger partial charge on any atom is -0.491 e. The summed E-state index contributed by atoms with van der Waals surface area (Å²) < 4.78 is 11.8. The van der Waals surface area contributed by atoms with E-state index < -0.39 is 6.10 Å². The molecule has 2 rings (SSSR count). The standard InChI is InChI=1S/C23H39NO3.ClH/c1-16-12-24(13-17(2)27-16)14-19(25)15-26-21-10-9-18(22(3,4)5)11-20(21)23(6,7)8;/h9-11,16-17,19,25H,12-15H2,1-8H3;1H. The molecule has 162 valence electrons. The van der Waals surface area contributed by atoms with Gasteiger partial charge in [0.2, 0.25) is 0 Å². The quantitative estimate of drug-likeness (QED) is 0.768. The summed E-state index contributed by atoms with van der Waals surface area (Å²) in [4.78, 5) is 2.26. The monoisotopic (exact) mass is 413 g/mol. The normalized spacial score (nSPS) is 22.5. The second-order valence-electron chi connectivity index (χ2n) is 10.2. The Hall–Kier alpha value is -0.810. The summed E-state index contributed by atoms with van der Waals surface area (Å²) in [5, 5.41) is 10.5. The molecule has 1 saturated heterocycles. The fraction of sp³-hybridized carbons (Fsp3) is 0.739. The highest BCUT2D eigenvalue weighted by molar-refractivity contribution is 5.85. The van der Waals surface area contributed by atoms with Gasteiger partial charge in [-0.15, -0.1) is 12.4 Å². The molecule has 1 aromatic carbocycles. The first kappa shape index (κ1) is 25.2. The summed E-state index contributed by atoms with van der Waals surface area (Å²) in [7, 11) is 0. The fourth-order valence-corrected chi connectivity index (χ4v) is 3.68. The lowest BCUT2D eigenvalue weighted by Gasteiger charge is -2.36. The first-order chi connectivity index (χ1) is 12.4. The third-order valence-electron chi connectivity index (χ3n) is 5.05. The second kappa shape index (κ2) is 9.80. The van der Waals surface area contributed by atoms with Gasteiger partial charge in [0.1, 0.15) is 18.5 Å². The number of nitrogens with zero attached hydrogens (tertiary/aromatic N) is 1. The van der Waals surface area contributed by atoms with Crippen LogP contribution in [0.15, 0.2) is 18.2 Å². The molecule has 1 aliphatic rings. The molecule has 0 aromatic heterocycles. The van der Waals surface area contributed by atoms with Gasteiger partial charge in [-0.25, -0.2) is 0 Å². The van der Waals surface area contributed by atoms with Gasteiger partial charge in [0.15, 0.2) is 0 Å². The molecule has 5 heteroatoms. The zero-order valence-electron chi connectivity index (χ0n) is 18.9. The lowest BCUT2D eigenvalue weighted by molar-refractivity contribution is -0.0787. The molecule has 1 N–H and O–H groups in total. The van der Waals surface area contributed by atoms with Crippen molar-refractivity contribution in [3.8, 4) is 5.75 Å². The van der Waals surface area contributed by atoms with Crippen LogP contribution in [0.2, 0.25) is 0 Å². The molecule has 1 fully saturated rings. The number of hydrogen-bond donors (Lipinski definition) is 1. The van der Waals surface area contributed by atoms with Crippen LogP contribution in [-0.2, 0) is 15.6 Å². The molecule has 0 saturated carbocycles. The predicted octanol–water partition coefficient (Wildman–Crippen LogP) is 4.55. The molecular weight excluding hydrogens is 374 g/mol. The van der Waals surface area contributed by atoms with Gasteiger partial charge in [-0.05, 0) is 41.9 Å². The predicted molar refractivity (Wildman–Crippen MR) is 119 cm³/mol. The third-order valence-corrected chi connectivity index (χ3v) is 5.05. The maximum absolute atomic E-state index is 10.5. The Kier molecular flexibility index (Phi) is 8.82. The molecule has 0 bridgehead atoms. The lowest BCUT2D eigenvalue weighted by Crippen LogP contribution is -2.48. The Morgan fingerprint density at radius 2 is 1.64 bits per heavy atom. The zero-order chi connectivity index (χ0) is 20.4. The molecule has 1 aromatic rings. The van der Waals surface area contributed by atoms with E-state index in [2.05, 4.69) is 78.5 Å². The van der Waals surface area contributed by atoms with Gasteiger partial charge in [-0.1, -0.05) is 53.7 Å². The van der Waals surface area contributed by atoms with Gasteiger partial charge in [0, 0.05) is 19.6 Å². The Morgan fingerprint density at radius 3 is 2.14 bits per heavy atom. The topological polar surface area (TPSA) is 41.9 Å². The largest absolute Gasteiger partial charge is 0.491 e. The number of benzene rings is 1. The SMILES string of the molecule is CC1CN(CC(O)COc2ccc(C(C)(C)C)cc2C(C)(C)C)CC(C)O1.Cl. The van der Waals surface area contributed by atoms with E-state index in [0.29, 0.717) is 13.2 Å². The zero-order valence-corrected chi connectivity index (χ0v) is 19.7. The van der Waals surface area contributed by atoms with Crippen molar-refractivity contribution in [2.45, 2.75) is 84.5 Å². The van der Waals surface area contributed by atoms with Crippen LogP contribution in [0.3, 0.4) is 0 Å². The average molecular weight is 414 g/mol. The highest BCUT2D eigenvalue weighted by atomic mass is 35.5. The molecule has 3 atom stereocenters. The average Bonchev–Trinajstić information content (AvgIpc) is 2.50. The van der Waals surface area contributed by atoms with Crippen molar-refractivity contribution in [1.29, 1.82) is 0 Å². The van der Waals surface area contributed by atoms with Crippen LogP contribution in [0.5, 0.6) is 5.75 Å². The van der Waals surface area contributed by atoms with E-state index in [-0.39, 0.29) is 35.4 Å². The summed E-state index contributed by atoms with van der Waals surface area (Å²) in [5.74, 6) is 0.873.